The molecule has 1 saturated carbocycles. The van der Waals surface area contributed by atoms with Gasteiger partial charge in [-0.15, -0.1) is 0 Å². The van der Waals surface area contributed by atoms with Crippen molar-refractivity contribution in [2.75, 3.05) is 0 Å². The minimum Gasteiger partial charge on any atom is -0.387 e. The Hall–Kier alpha value is -0.830. The highest BCUT2D eigenvalue weighted by Gasteiger charge is 2.17. The first-order valence-corrected chi connectivity index (χ1v) is 7.06. The monoisotopic (exact) mass is 294 g/mol. The van der Waals surface area contributed by atoms with Crippen molar-refractivity contribution in [2.45, 2.75) is 39.0 Å². The lowest BCUT2D eigenvalue weighted by Crippen LogP contribution is -2.25. The molecule has 1 aromatic carbocycles. The van der Waals surface area contributed by atoms with E-state index in [1.165, 1.54) is 37.7 Å². The summed E-state index contributed by atoms with van der Waals surface area (Å²) in [7, 11) is 0. The standard InChI is InChI=1S/C14H19BrN2/c1-10-7-8-12(15)13(9-10)17-14(16)11-5-3-2-4-6-11/h7-9,11H,2-6H2,1H3,(H2,16,17). The molecule has 0 aromatic heterocycles. The fourth-order valence-electron chi connectivity index (χ4n) is 2.34. The number of halogens is 1. The molecule has 0 unspecified atom stereocenters. The topological polar surface area (TPSA) is 38.4 Å². The summed E-state index contributed by atoms with van der Waals surface area (Å²) >= 11 is 3.52. The molecule has 17 heavy (non-hydrogen) atoms. The molecule has 1 aliphatic rings. The van der Waals surface area contributed by atoms with Gasteiger partial charge in [-0.3, -0.25) is 0 Å². The first-order valence-electron chi connectivity index (χ1n) is 6.27. The summed E-state index contributed by atoms with van der Waals surface area (Å²) in [6.45, 7) is 2.07. The number of benzene rings is 1. The first kappa shape index (κ1) is 12.6. The van der Waals surface area contributed by atoms with Gasteiger partial charge in [0, 0.05) is 10.4 Å². The van der Waals surface area contributed by atoms with Crippen molar-refractivity contribution in [1.82, 2.24) is 0 Å². The average molecular weight is 295 g/mol. The second-order valence-corrected chi connectivity index (χ2v) is 5.68. The molecule has 0 spiro atoms. The molecule has 2 nitrogen and oxygen atoms in total. The van der Waals surface area contributed by atoms with Gasteiger partial charge in [0.2, 0.25) is 0 Å². The molecule has 0 heterocycles. The van der Waals surface area contributed by atoms with Gasteiger partial charge in [-0.25, -0.2) is 4.99 Å². The van der Waals surface area contributed by atoms with E-state index in [-0.39, 0.29) is 0 Å². The number of amidine groups is 1. The van der Waals surface area contributed by atoms with Gasteiger partial charge in [-0.05, 0) is 53.4 Å². The lowest BCUT2D eigenvalue weighted by molar-refractivity contribution is 0.437. The summed E-state index contributed by atoms with van der Waals surface area (Å²) < 4.78 is 1.02. The predicted octanol–water partition coefficient (Wildman–Crippen LogP) is 4.33. The molecule has 2 rings (SSSR count). The number of aliphatic imine (C=N–C) groups is 1. The summed E-state index contributed by atoms with van der Waals surface area (Å²) in [6.07, 6.45) is 6.31. The van der Waals surface area contributed by atoms with Crippen molar-refractivity contribution < 1.29 is 0 Å². The van der Waals surface area contributed by atoms with Crippen molar-refractivity contribution in [3.63, 3.8) is 0 Å². The molecule has 1 aromatic rings. The zero-order valence-corrected chi connectivity index (χ0v) is 11.8. The molecular formula is C14H19BrN2. The Morgan fingerprint density at radius 3 is 2.71 bits per heavy atom. The molecule has 0 saturated heterocycles. The van der Waals surface area contributed by atoms with Crippen LogP contribution >= 0.6 is 15.9 Å². The average Bonchev–Trinajstić information content (AvgIpc) is 2.35. The van der Waals surface area contributed by atoms with E-state index in [9.17, 15) is 0 Å². The van der Waals surface area contributed by atoms with Crippen molar-refractivity contribution in [2.24, 2.45) is 16.6 Å². The molecule has 1 aliphatic carbocycles. The third kappa shape index (κ3) is 3.32. The zero-order valence-electron chi connectivity index (χ0n) is 10.2. The molecular weight excluding hydrogens is 276 g/mol. The molecule has 0 atom stereocenters. The Morgan fingerprint density at radius 1 is 1.29 bits per heavy atom. The predicted molar refractivity (Wildman–Crippen MR) is 76.7 cm³/mol. The molecule has 3 heteroatoms. The van der Waals surface area contributed by atoms with E-state index in [1.54, 1.807) is 0 Å². The van der Waals surface area contributed by atoms with Crippen molar-refractivity contribution in [1.29, 1.82) is 0 Å². The van der Waals surface area contributed by atoms with Gasteiger partial charge in [0.05, 0.1) is 5.69 Å². The number of aryl methyl sites for hydroxylation is 1. The van der Waals surface area contributed by atoms with Crippen LogP contribution in [0.1, 0.15) is 37.7 Å². The Kier molecular flexibility index (Phi) is 4.21. The number of rotatable bonds is 2. The van der Waals surface area contributed by atoms with E-state index >= 15 is 0 Å². The maximum Gasteiger partial charge on any atom is 0.103 e. The zero-order chi connectivity index (χ0) is 12.3. The van der Waals surface area contributed by atoms with Crippen LogP contribution in [-0.2, 0) is 0 Å². The first-order chi connectivity index (χ1) is 8.16. The van der Waals surface area contributed by atoms with Crippen LogP contribution in [0.4, 0.5) is 5.69 Å². The summed E-state index contributed by atoms with van der Waals surface area (Å²) in [5.41, 5.74) is 8.29. The van der Waals surface area contributed by atoms with Gasteiger partial charge in [0.1, 0.15) is 5.84 Å². The van der Waals surface area contributed by atoms with Gasteiger partial charge in [0.15, 0.2) is 0 Å². The van der Waals surface area contributed by atoms with Crippen LogP contribution in [0.5, 0.6) is 0 Å². The molecule has 92 valence electrons. The van der Waals surface area contributed by atoms with Crippen LogP contribution in [0.3, 0.4) is 0 Å². The maximum atomic E-state index is 6.13. The highest BCUT2D eigenvalue weighted by atomic mass is 79.9. The van der Waals surface area contributed by atoms with Crippen LogP contribution in [0.25, 0.3) is 0 Å². The molecule has 0 amide bonds. The lowest BCUT2D eigenvalue weighted by Gasteiger charge is -2.21. The second-order valence-electron chi connectivity index (χ2n) is 4.83. The van der Waals surface area contributed by atoms with Crippen molar-refractivity contribution in [3.05, 3.63) is 28.2 Å². The van der Waals surface area contributed by atoms with Gasteiger partial charge in [-0.2, -0.15) is 0 Å². The third-order valence-corrected chi connectivity index (χ3v) is 4.05. The van der Waals surface area contributed by atoms with Crippen LogP contribution < -0.4 is 5.73 Å². The number of hydrogen-bond donors (Lipinski definition) is 1. The molecule has 0 bridgehead atoms. The van der Waals surface area contributed by atoms with E-state index in [1.807, 2.05) is 6.07 Å². The third-order valence-electron chi connectivity index (χ3n) is 3.37. The van der Waals surface area contributed by atoms with Crippen LogP contribution in [0.2, 0.25) is 0 Å². The summed E-state index contributed by atoms with van der Waals surface area (Å²) in [4.78, 5) is 4.59. The van der Waals surface area contributed by atoms with E-state index < -0.39 is 0 Å². The maximum absolute atomic E-state index is 6.13. The Labute approximate surface area is 111 Å². The second kappa shape index (κ2) is 5.67. The van der Waals surface area contributed by atoms with Crippen molar-refractivity contribution in [3.8, 4) is 0 Å². The fourth-order valence-corrected chi connectivity index (χ4v) is 2.67. The van der Waals surface area contributed by atoms with E-state index in [0.717, 1.165) is 16.0 Å². The highest BCUT2D eigenvalue weighted by Crippen LogP contribution is 2.29. The number of hydrogen-bond acceptors (Lipinski definition) is 1. The summed E-state index contributed by atoms with van der Waals surface area (Å²) in [5.74, 6) is 1.28. The SMILES string of the molecule is Cc1ccc(Br)c(N=C(N)C2CCCCC2)c1. The minimum atomic E-state index is 0.483. The van der Waals surface area contributed by atoms with E-state index in [2.05, 4.69) is 40.0 Å². The Balaban J connectivity index is 2.19. The van der Waals surface area contributed by atoms with Gasteiger partial charge in [-0.1, -0.05) is 25.3 Å². The smallest absolute Gasteiger partial charge is 0.103 e. The minimum absolute atomic E-state index is 0.483. The molecule has 0 radical (unpaired) electrons. The fraction of sp³-hybridized carbons (Fsp3) is 0.500. The van der Waals surface area contributed by atoms with E-state index in [0.29, 0.717) is 5.92 Å². The molecule has 1 fully saturated rings. The Morgan fingerprint density at radius 2 is 2.00 bits per heavy atom. The van der Waals surface area contributed by atoms with Crippen LogP contribution in [0.15, 0.2) is 27.7 Å². The number of nitrogens with zero attached hydrogens (tertiary/aromatic N) is 1. The molecule has 0 aliphatic heterocycles. The normalized spacial score (nSPS) is 18.4. The molecule has 2 N–H and O–H groups in total. The lowest BCUT2D eigenvalue weighted by atomic mass is 9.88. The Bertz CT molecular complexity index is 420. The number of nitrogens with two attached hydrogens (primary N) is 1. The summed E-state index contributed by atoms with van der Waals surface area (Å²) in [5, 5.41) is 0. The van der Waals surface area contributed by atoms with Gasteiger partial charge >= 0.3 is 0 Å². The van der Waals surface area contributed by atoms with Gasteiger partial charge in [0.25, 0.3) is 0 Å². The largest absolute Gasteiger partial charge is 0.387 e. The summed E-state index contributed by atoms with van der Waals surface area (Å²) in [6, 6.07) is 6.17. The highest BCUT2D eigenvalue weighted by molar-refractivity contribution is 9.10. The van der Waals surface area contributed by atoms with Crippen LogP contribution in [0, 0.1) is 12.8 Å². The van der Waals surface area contributed by atoms with Gasteiger partial charge < -0.3 is 5.73 Å². The van der Waals surface area contributed by atoms with E-state index in [4.69, 9.17) is 5.73 Å². The quantitative estimate of drug-likeness (QED) is 0.640. The van der Waals surface area contributed by atoms with Crippen molar-refractivity contribution >= 4 is 27.5 Å². The van der Waals surface area contributed by atoms with Crippen LogP contribution in [-0.4, -0.2) is 5.84 Å².